The number of Topliss-reactive ketones (excluding diaryl/α,β-unsaturated/α-hetero) is 1. The Morgan fingerprint density at radius 2 is 1.73 bits per heavy atom. The van der Waals surface area contributed by atoms with E-state index in [2.05, 4.69) is 4.90 Å². The molecule has 0 bridgehead atoms. The summed E-state index contributed by atoms with van der Waals surface area (Å²) in [5.41, 5.74) is 0.211. The molecule has 1 N–H and O–H groups in total. The highest BCUT2D eigenvalue weighted by molar-refractivity contribution is 6.46. The molecule has 2 aromatic rings. The number of hydrogen-bond acceptors (Lipinski definition) is 6. The molecule has 33 heavy (non-hydrogen) atoms. The zero-order valence-corrected chi connectivity index (χ0v) is 18.1. The minimum atomic E-state index is -0.959. The van der Waals surface area contributed by atoms with Crippen LogP contribution in [0.1, 0.15) is 17.2 Å². The normalized spacial score (nSPS) is 20.9. The fraction of sp³-hybridized carbons (Fsp3) is 0.333. The van der Waals surface area contributed by atoms with Crippen molar-refractivity contribution in [3.8, 4) is 5.75 Å². The molecule has 2 heterocycles. The van der Waals surface area contributed by atoms with Crippen molar-refractivity contribution >= 4 is 17.4 Å². The second kappa shape index (κ2) is 9.68. The van der Waals surface area contributed by atoms with Gasteiger partial charge >= 0.3 is 0 Å². The fourth-order valence-electron chi connectivity index (χ4n) is 4.19. The molecule has 1 unspecified atom stereocenters. The number of likely N-dealkylation sites (tertiary alicyclic amines) is 1. The number of nitrogens with zero attached hydrogens (tertiary/aromatic N) is 2. The molecule has 7 nitrogen and oxygen atoms in total. The summed E-state index contributed by atoms with van der Waals surface area (Å²) < 4.78 is 38.1. The fourth-order valence-corrected chi connectivity index (χ4v) is 4.19. The van der Waals surface area contributed by atoms with Crippen LogP contribution in [0.25, 0.3) is 5.76 Å². The third-order valence-electron chi connectivity index (χ3n) is 5.90. The third kappa shape index (κ3) is 4.60. The van der Waals surface area contributed by atoms with Crippen LogP contribution in [0.4, 0.5) is 8.78 Å². The highest BCUT2D eigenvalue weighted by Gasteiger charge is 2.46. The first kappa shape index (κ1) is 22.9. The van der Waals surface area contributed by atoms with Gasteiger partial charge in [-0.15, -0.1) is 0 Å². The van der Waals surface area contributed by atoms with Gasteiger partial charge in [-0.25, -0.2) is 8.78 Å². The van der Waals surface area contributed by atoms with Gasteiger partial charge in [0.25, 0.3) is 11.7 Å². The van der Waals surface area contributed by atoms with Gasteiger partial charge in [-0.1, -0.05) is 12.1 Å². The molecule has 9 heteroatoms. The van der Waals surface area contributed by atoms with Crippen molar-refractivity contribution < 1.29 is 33.0 Å². The number of hydrogen-bond donors (Lipinski definition) is 1. The molecule has 1 amide bonds. The van der Waals surface area contributed by atoms with Crippen molar-refractivity contribution in [3.63, 3.8) is 0 Å². The molecule has 0 saturated carbocycles. The Labute approximate surface area is 189 Å². The molecule has 2 fully saturated rings. The van der Waals surface area contributed by atoms with Crippen molar-refractivity contribution in [1.29, 1.82) is 0 Å². The Morgan fingerprint density at radius 3 is 2.39 bits per heavy atom. The first-order chi connectivity index (χ1) is 15.9. The number of rotatable bonds is 6. The summed E-state index contributed by atoms with van der Waals surface area (Å²) in [4.78, 5) is 29.5. The lowest BCUT2D eigenvalue weighted by Crippen LogP contribution is -2.42. The number of ether oxygens (including phenoxy) is 2. The number of aliphatic hydroxyl groups excluding tert-OH is 1. The number of ketones is 1. The van der Waals surface area contributed by atoms with E-state index in [1.165, 1.54) is 42.3 Å². The van der Waals surface area contributed by atoms with Gasteiger partial charge in [0, 0.05) is 26.2 Å². The number of amides is 1. The van der Waals surface area contributed by atoms with Crippen molar-refractivity contribution in [2.24, 2.45) is 0 Å². The Hall–Kier alpha value is -3.30. The van der Waals surface area contributed by atoms with E-state index in [1.807, 2.05) is 0 Å². The Kier molecular flexibility index (Phi) is 6.71. The lowest BCUT2D eigenvalue weighted by atomic mass is 9.95. The smallest absolute Gasteiger partial charge is 0.295 e. The average molecular weight is 458 g/mol. The van der Waals surface area contributed by atoms with Gasteiger partial charge in [0.1, 0.15) is 23.1 Å². The first-order valence-corrected chi connectivity index (χ1v) is 10.6. The second-order valence-electron chi connectivity index (χ2n) is 7.84. The summed E-state index contributed by atoms with van der Waals surface area (Å²) in [6.45, 7) is 3.28. The van der Waals surface area contributed by atoms with Crippen LogP contribution >= 0.6 is 0 Å². The maximum Gasteiger partial charge on any atom is 0.295 e. The summed E-state index contributed by atoms with van der Waals surface area (Å²) in [5.74, 6) is -3.20. The largest absolute Gasteiger partial charge is 0.507 e. The van der Waals surface area contributed by atoms with Crippen LogP contribution in [0.15, 0.2) is 48.0 Å². The van der Waals surface area contributed by atoms with Gasteiger partial charge in [-0.05, 0) is 35.9 Å². The topological polar surface area (TPSA) is 79.3 Å². The summed E-state index contributed by atoms with van der Waals surface area (Å²) in [6.07, 6.45) is 0. The second-order valence-corrected chi connectivity index (χ2v) is 7.84. The minimum absolute atomic E-state index is 0.0456. The molecule has 174 valence electrons. The van der Waals surface area contributed by atoms with E-state index in [9.17, 15) is 23.5 Å². The quantitative estimate of drug-likeness (QED) is 0.408. The maximum absolute atomic E-state index is 14.0. The van der Waals surface area contributed by atoms with Gasteiger partial charge < -0.3 is 19.5 Å². The third-order valence-corrected chi connectivity index (χ3v) is 5.90. The number of halogens is 2. The van der Waals surface area contributed by atoms with E-state index in [4.69, 9.17) is 9.47 Å². The zero-order chi connectivity index (χ0) is 23.5. The van der Waals surface area contributed by atoms with Gasteiger partial charge in [-0.2, -0.15) is 0 Å². The Morgan fingerprint density at radius 1 is 1.06 bits per heavy atom. The molecule has 0 radical (unpaired) electrons. The molecule has 2 aliphatic heterocycles. The van der Waals surface area contributed by atoms with Crippen LogP contribution < -0.4 is 4.74 Å². The number of aliphatic hydroxyl groups is 1. The molecule has 0 spiro atoms. The van der Waals surface area contributed by atoms with Crippen LogP contribution in [-0.4, -0.2) is 73.1 Å². The monoisotopic (exact) mass is 458 g/mol. The Balaban J connectivity index is 1.78. The molecular formula is C24H24F2N2O5. The maximum atomic E-state index is 14.0. The van der Waals surface area contributed by atoms with Crippen LogP contribution in [0.5, 0.6) is 5.75 Å². The van der Waals surface area contributed by atoms with Crippen molar-refractivity contribution in [1.82, 2.24) is 9.80 Å². The minimum Gasteiger partial charge on any atom is -0.507 e. The number of methoxy groups -OCH3 is 1. The van der Waals surface area contributed by atoms with Crippen LogP contribution in [0, 0.1) is 11.6 Å². The zero-order valence-electron chi connectivity index (χ0n) is 18.1. The number of carbonyl (C=O) groups is 2. The van der Waals surface area contributed by atoms with E-state index >= 15 is 0 Å². The van der Waals surface area contributed by atoms with E-state index in [1.54, 1.807) is 0 Å². The van der Waals surface area contributed by atoms with Gasteiger partial charge in [0.2, 0.25) is 0 Å². The van der Waals surface area contributed by atoms with Gasteiger partial charge in [-0.3, -0.25) is 14.5 Å². The Bertz CT molecular complexity index is 1080. The molecule has 4 rings (SSSR count). The van der Waals surface area contributed by atoms with Gasteiger partial charge in [0.05, 0.1) is 37.5 Å². The molecule has 2 saturated heterocycles. The highest BCUT2D eigenvalue weighted by atomic mass is 19.1. The van der Waals surface area contributed by atoms with Crippen LogP contribution in [0.3, 0.4) is 0 Å². The van der Waals surface area contributed by atoms with E-state index in [-0.39, 0.29) is 23.4 Å². The number of carbonyl (C=O) groups excluding carboxylic acids is 2. The SMILES string of the molecule is COc1ccc(F)cc1C(O)=C1C(=O)C(=O)N(CCN2CCOCC2)C1c1ccc(F)cc1. The van der Waals surface area contributed by atoms with Crippen LogP contribution in [0.2, 0.25) is 0 Å². The van der Waals surface area contributed by atoms with Crippen molar-refractivity contribution in [2.75, 3.05) is 46.5 Å². The summed E-state index contributed by atoms with van der Waals surface area (Å²) in [5, 5.41) is 11.1. The first-order valence-electron chi connectivity index (χ1n) is 10.6. The molecule has 1 atom stereocenters. The van der Waals surface area contributed by atoms with E-state index < -0.39 is 35.1 Å². The van der Waals surface area contributed by atoms with Crippen molar-refractivity contribution in [3.05, 3.63) is 70.8 Å². The molecular weight excluding hydrogens is 434 g/mol. The molecule has 0 aromatic heterocycles. The summed E-state index contributed by atoms with van der Waals surface area (Å²) >= 11 is 0. The lowest BCUT2D eigenvalue weighted by molar-refractivity contribution is -0.140. The number of morpholine rings is 1. The van der Waals surface area contributed by atoms with E-state index in [0.717, 1.165) is 12.1 Å². The molecule has 0 aliphatic carbocycles. The average Bonchev–Trinajstić information content (AvgIpc) is 3.08. The molecule has 2 aliphatic rings. The predicted molar refractivity (Wildman–Crippen MR) is 116 cm³/mol. The number of benzene rings is 2. The highest BCUT2D eigenvalue weighted by Crippen LogP contribution is 2.41. The van der Waals surface area contributed by atoms with Crippen molar-refractivity contribution in [2.45, 2.75) is 6.04 Å². The standard InChI is InChI=1S/C24H24F2N2O5/c1-32-19-7-6-17(26)14-18(19)22(29)20-21(15-2-4-16(25)5-3-15)28(24(31)23(20)30)9-8-27-10-12-33-13-11-27/h2-7,14,21,29H,8-13H2,1H3. The summed E-state index contributed by atoms with van der Waals surface area (Å²) in [7, 11) is 1.35. The predicted octanol–water partition coefficient (Wildman–Crippen LogP) is 2.73. The molecule has 2 aromatic carbocycles. The van der Waals surface area contributed by atoms with E-state index in [0.29, 0.717) is 38.4 Å². The van der Waals surface area contributed by atoms with Crippen LogP contribution in [-0.2, 0) is 14.3 Å². The summed E-state index contributed by atoms with van der Waals surface area (Å²) in [6, 6.07) is 7.93. The van der Waals surface area contributed by atoms with Gasteiger partial charge in [0.15, 0.2) is 0 Å². The lowest BCUT2D eigenvalue weighted by Gasteiger charge is -2.31.